The number of nitrogens with two attached hydrogens (primary N) is 1. The minimum Gasteiger partial charge on any atom is -0.365 e. The Morgan fingerprint density at radius 3 is 2.88 bits per heavy atom. The summed E-state index contributed by atoms with van der Waals surface area (Å²) in [6.07, 6.45) is 1.84. The maximum atomic E-state index is 13.8. The van der Waals surface area contributed by atoms with Crippen molar-refractivity contribution in [3.8, 4) is 0 Å². The first-order chi connectivity index (χ1) is 7.59. The predicted octanol–water partition coefficient (Wildman–Crippen LogP) is 2.90. The van der Waals surface area contributed by atoms with Crippen LogP contribution in [0.4, 0.5) is 10.1 Å². The minimum absolute atomic E-state index is 0.170. The van der Waals surface area contributed by atoms with Crippen LogP contribution >= 0.6 is 15.9 Å². The van der Waals surface area contributed by atoms with Gasteiger partial charge in [0.2, 0.25) is 0 Å². The summed E-state index contributed by atoms with van der Waals surface area (Å²) >= 11 is 3.41. The number of benzene rings is 1. The molecule has 0 bridgehead atoms. The van der Waals surface area contributed by atoms with E-state index in [1.54, 1.807) is 6.07 Å². The van der Waals surface area contributed by atoms with E-state index < -0.39 is 0 Å². The Bertz CT molecular complexity index is 363. The van der Waals surface area contributed by atoms with Gasteiger partial charge in [0.05, 0.1) is 5.69 Å². The summed E-state index contributed by atoms with van der Waals surface area (Å²) in [6, 6.07) is 5.62. The third kappa shape index (κ3) is 2.23. The largest absolute Gasteiger partial charge is 0.365 e. The van der Waals surface area contributed by atoms with Crippen molar-refractivity contribution in [1.82, 2.24) is 0 Å². The highest BCUT2D eigenvalue weighted by Gasteiger charge is 2.26. The molecule has 1 aliphatic rings. The van der Waals surface area contributed by atoms with Crippen LogP contribution in [0.25, 0.3) is 0 Å². The van der Waals surface area contributed by atoms with Crippen molar-refractivity contribution in [2.75, 3.05) is 11.4 Å². The molecule has 0 aliphatic carbocycles. The first-order valence-electron chi connectivity index (χ1n) is 5.56. The molecule has 0 saturated carbocycles. The fraction of sp³-hybridized carbons (Fsp3) is 0.500. The van der Waals surface area contributed by atoms with Crippen LogP contribution in [0, 0.1) is 5.82 Å². The predicted molar refractivity (Wildman–Crippen MR) is 68.1 cm³/mol. The molecule has 2 atom stereocenters. The van der Waals surface area contributed by atoms with Crippen LogP contribution < -0.4 is 10.6 Å². The van der Waals surface area contributed by atoms with Crippen molar-refractivity contribution in [2.24, 2.45) is 5.73 Å². The Morgan fingerprint density at radius 2 is 2.25 bits per heavy atom. The van der Waals surface area contributed by atoms with E-state index in [0.29, 0.717) is 5.69 Å². The zero-order chi connectivity index (χ0) is 11.7. The monoisotopic (exact) mass is 286 g/mol. The highest BCUT2D eigenvalue weighted by atomic mass is 79.9. The lowest BCUT2D eigenvalue weighted by Crippen LogP contribution is -2.46. The van der Waals surface area contributed by atoms with Crippen molar-refractivity contribution < 1.29 is 4.39 Å². The van der Waals surface area contributed by atoms with Gasteiger partial charge in [0.15, 0.2) is 0 Å². The summed E-state index contributed by atoms with van der Waals surface area (Å²) in [5, 5.41) is 0. The van der Waals surface area contributed by atoms with Crippen molar-refractivity contribution >= 4 is 21.6 Å². The Morgan fingerprint density at radius 1 is 1.50 bits per heavy atom. The van der Waals surface area contributed by atoms with Gasteiger partial charge in [0.1, 0.15) is 5.82 Å². The van der Waals surface area contributed by atoms with Crippen LogP contribution in [0.5, 0.6) is 0 Å². The molecule has 88 valence electrons. The molecule has 2 rings (SSSR count). The molecular weight excluding hydrogens is 271 g/mol. The molecule has 1 heterocycles. The lowest BCUT2D eigenvalue weighted by atomic mass is 9.98. The van der Waals surface area contributed by atoms with Crippen LogP contribution in [0.2, 0.25) is 0 Å². The van der Waals surface area contributed by atoms with E-state index in [-0.39, 0.29) is 17.9 Å². The second-order valence-electron chi connectivity index (χ2n) is 4.40. The fourth-order valence-electron chi connectivity index (χ4n) is 2.30. The summed E-state index contributed by atoms with van der Waals surface area (Å²) in [5.74, 6) is -0.170. The number of hydrogen-bond acceptors (Lipinski definition) is 2. The molecule has 4 heteroatoms. The van der Waals surface area contributed by atoms with Crippen LogP contribution in [-0.2, 0) is 0 Å². The van der Waals surface area contributed by atoms with Gasteiger partial charge in [-0.3, -0.25) is 0 Å². The number of para-hydroxylation sites is 1. The van der Waals surface area contributed by atoms with Gasteiger partial charge < -0.3 is 10.6 Å². The highest BCUT2D eigenvalue weighted by Crippen LogP contribution is 2.33. The van der Waals surface area contributed by atoms with Crippen molar-refractivity contribution in [2.45, 2.75) is 31.8 Å². The van der Waals surface area contributed by atoms with Crippen molar-refractivity contribution in [3.05, 3.63) is 28.5 Å². The maximum absolute atomic E-state index is 13.8. The van der Waals surface area contributed by atoms with Gasteiger partial charge in [-0.15, -0.1) is 0 Å². The molecule has 2 N–H and O–H groups in total. The Balaban J connectivity index is 2.30. The molecule has 16 heavy (non-hydrogen) atoms. The van der Waals surface area contributed by atoms with Crippen molar-refractivity contribution in [3.63, 3.8) is 0 Å². The molecule has 1 aromatic rings. The van der Waals surface area contributed by atoms with Crippen LogP contribution in [-0.4, -0.2) is 18.6 Å². The van der Waals surface area contributed by atoms with Crippen LogP contribution in [0.15, 0.2) is 22.7 Å². The summed E-state index contributed by atoms with van der Waals surface area (Å²) in [4.78, 5) is 2.10. The van der Waals surface area contributed by atoms with Crippen LogP contribution in [0.1, 0.15) is 19.8 Å². The standard InChI is InChI=1S/C12H16BrFN2/c1-8-7-9(15)5-6-16(8)12-10(13)3-2-4-11(12)14/h2-4,8-9H,5-7,15H2,1H3. The van der Waals surface area contributed by atoms with Crippen LogP contribution in [0.3, 0.4) is 0 Å². The van der Waals surface area contributed by atoms with Gasteiger partial charge in [-0.25, -0.2) is 4.39 Å². The van der Waals surface area contributed by atoms with E-state index in [0.717, 1.165) is 23.9 Å². The second-order valence-corrected chi connectivity index (χ2v) is 5.25. The fourth-order valence-corrected chi connectivity index (χ4v) is 2.87. The number of hydrogen-bond donors (Lipinski definition) is 1. The van der Waals surface area contributed by atoms with E-state index in [4.69, 9.17) is 5.73 Å². The molecule has 2 unspecified atom stereocenters. The molecule has 1 fully saturated rings. The minimum atomic E-state index is -0.170. The average molecular weight is 287 g/mol. The lowest BCUT2D eigenvalue weighted by Gasteiger charge is -2.38. The summed E-state index contributed by atoms with van der Waals surface area (Å²) in [7, 11) is 0. The molecule has 2 nitrogen and oxygen atoms in total. The van der Waals surface area contributed by atoms with E-state index in [1.165, 1.54) is 6.07 Å². The van der Waals surface area contributed by atoms with E-state index in [1.807, 2.05) is 6.07 Å². The van der Waals surface area contributed by atoms with Gasteiger partial charge in [-0.1, -0.05) is 6.07 Å². The molecule has 1 aliphatic heterocycles. The molecule has 0 amide bonds. The third-order valence-corrected chi connectivity index (χ3v) is 3.78. The second kappa shape index (κ2) is 4.72. The van der Waals surface area contributed by atoms with E-state index in [9.17, 15) is 4.39 Å². The van der Waals surface area contributed by atoms with Crippen molar-refractivity contribution in [1.29, 1.82) is 0 Å². The van der Waals surface area contributed by atoms with E-state index >= 15 is 0 Å². The number of anilines is 1. The Hall–Kier alpha value is -0.610. The normalized spacial score (nSPS) is 25.9. The average Bonchev–Trinajstić information content (AvgIpc) is 2.20. The zero-order valence-electron chi connectivity index (χ0n) is 9.29. The first-order valence-corrected chi connectivity index (χ1v) is 6.35. The van der Waals surface area contributed by atoms with Gasteiger partial charge in [0, 0.05) is 23.1 Å². The van der Waals surface area contributed by atoms with E-state index in [2.05, 4.69) is 27.8 Å². The molecule has 1 saturated heterocycles. The summed E-state index contributed by atoms with van der Waals surface area (Å²) < 4.78 is 14.6. The molecule has 0 spiro atoms. The molecule has 1 aromatic carbocycles. The third-order valence-electron chi connectivity index (χ3n) is 3.14. The van der Waals surface area contributed by atoms with Gasteiger partial charge in [-0.05, 0) is 47.8 Å². The maximum Gasteiger partial charge on any atom is 0.147 e. The lowest BCUT2D eigenvalue weighted by molar-refractivity contribution is 0.424. The SMILES string of the molecule is CC1CC(N)CCN1c1c(F)cccc1Br. The first kappa shape index (κ1) is 11.9. The Kier molecular flexibility index (Phi) is 3.50. The molecule has 0 aromatic heterocycles. The van der Waals surface area contributed by atoms with Gasteiger partial charge in [-0.2, -0.15) is 0 Å². The van der Waals surface area contributed by atoms with Gasteiger partial charge in [0.25, 0.3) is 0 Å². The number of nitrogens with zero attached hydrogens (tertiary/aromatic N) is 1. The summed E-state index contributed by atoms with van der Waals surface area (Å²) in [6.45, 7) is 2.92. The quantitative estimate of drug-likeness (QED) is 0.860. The molecule has 0 radical (unpaired) electrons. The smallest absolute Gasteiger partial charge is 0.147 e. The number of halogens is 2. The topological polar surface area (TPSA) is 29.3 Å². The Labute approximate surface area is 104 Å². The molecular formula is C12H16BrFN2. The highest BCUT2D eigenvalue weighted by molar-refractivity contribution is 9.10. The van der Waals surface area contributed by atoms with Gasteiger partial charge >= 0.3 is 0 Å². The number of piperidine rings is 1. The number of rotatable bonds is 1. The zero-order valence-corrected chi connectivity index (χ0v) is 10.9. The summed E-state index contributed by atoms with van der Waals surface area (Å²) in [5.41, 5.74) is 6.58.